The van der Waals surface area contributed by atoms with E-state index in [0.717, 1.165) is 0 Å². The van der Waals surface area contributed by atoms with Crippen molar-refractivity contribution in [3.8, 4) is 0 Å². The Kier molecular flexibility index (Phi) is 5.94. The lowest BCUT2D eigenvalue weighted by Crippen LogP contribution is -2.29. The number of hydrogen-bond donors (Lipinski definition) is 1. The monoisotopic (exact) mass is 223 g/mol. The van der Waals surface area contributed by atoms with Crippen LogP contribution < -0.4 is 0 Å². The minimum absolute atomic E-state index is 0.0274. The Morgan fingerprint density at radius 1 is 1.57 bits per heavy atom. The quantitative estimate of drug-likeness (QED) is 0.367. The van der Waals surface area contributed by atoms with Crippen molar-refractivity contribution >= 4 is 10.1 Å². The minimum atomic E-state index is -3.53. The Morgan fingerprint density at radius 3 is 2.57 bits per heavy atom. The van der Waals surface area contributed by atoms with E-state index in [1.54, 1.807) is 14.1 Å². The molecule has 0 spiro atoms. The second-order valence-electron chi connectivity index (χ2n) is 3.07. The maximum Gasteiger partial charge on any atom is 0.267 e. The summed E-state index contributed by atoms with van der Waals surface area (Å²) in [5, 5.41) is 9.30. The molecule has 0 fully saturated rings. The van der Waals surface area contributed by atoms with Crippen molar-refractivity contribution in [2.24, 2.45) is 0 Å². The SMILES string of the molecule is C=CCOS(=O)(=O)CCC(O)N(C)C. The zero-order valence-corrected chi connectivity index (χ0v) is 9.33. The third-order valence-electron chi connectivity index (χ3n) is 1.59. The molecule has 1 atom stereocenters. The van der Waals surface area contributed by atoms with Gasteiger partial charge in [0.15, 0.2) is 0 Å². The Balaban J connectivity index is 3.93. The molecular weight excluding hydrogens is 206 g/mol. The lowest BCUT2D eigenvalue weighted by atomic mass is 10.4. The molecule has 6 heteroatoms. The highest BCUT2D eigenvalue weighted by Crippen LogP contribution is 2.01. The van der Waals surface area contributed by atoms with Crippen LogP contribution in [0.15, 0.2) is 12.7 Å². The molecule has 0 aromatic heterocycles. The number of aliphatic hydroxyl groups excluding tert-OH is 1. The Morgan fingerprint density at radius 2 is 2.14 bits per heavy atom. The largest absolute Gasteiger partial charge is 0.378 e. The first-order valence-corrected chi connectivity index (χ1v) is 5.79. The highest BCUT2D eigenvalue weighted by molar-refractivity contribution is 7.86. The van der Waals surface area contributed by atoms with Gasteiger partial charge in [0, 0.05) is 6.42 Å². The molecule has 0 aliphatic heterocycles. The maximum absolute atomic E-state index is 11.1. The summed E-state index contributed by atoms with van der Waals surface area (Å²) in [5.41, 5.74) is 0. The molecule has 84 valence electrons. The number of hydrogen-bond acceptors (Lipinski definition) is 5. The smallest absolute Gasteiger partial charge is 0.267 e. The van der Waals surface area contributed by atoms with Gasteiger partial charge in [0.25, 0.3) is 10.1 Å². The molecule has 0 radical (unpaired) electrons. The summed E-state index contributed by atoms with van der Waals surface area (Å²) in [6, 6.07) is 0. The van der Waals surface area contributed by atoms with Crippen LogP contribution in [0.5, 0.6) is 0 Å². The van der Waals surface area contributed by atoms with Crippen molar-refractivity contribution in [3.63, 3.8) is 0 Å². The van der Waals surface area contributed by atoms with Gasteiger partial charge in [-0.25, -0.2) is 0 Å². The molecule has 0 bridgehead atoms. The van der Waals surface area contributed by atoms with Crippen LogP contribution in [0.1, 0.15) is 6.42 Å². The van der Waals surface area contributed by atoms with Crippen molar-refractivity contribution in [2.45, 2.75) is 12.6 Å². The summed E-state index contributed by atoms with van der Waals surface area (Å²) < 4.78 is 26.8. The van der Waals surface area contributed by atoms with Crippen molar-refractivity contribution in [3.05, 3.63) is 12.7 Å². The summed E-state index contributed by atoms with van der Waals surface area (Å²) >= 11 is 0. The normalized spacial score (nSPS) is 14.3. The van der Waals surface area contributed by atoms with Crippen LogP contribution in [-0.4, -0.2) is 51.1 Å². The van der Waals surface area contributed by atoms with Gasteiger partial charge in [-0.2, -0.15) is 8.42 Å². The van der Waals surface area contributed by atoms with Crippen LogP contribution >= 0.6 is 0 Å². The van der Waals surface area contributed by atoms with E-state index in [-0.39, 0.29) is 18.8 Å². The summed E-state index contributed by atoms with van der Waals surface area (Å²) in [4.78, 5) is 1.53. The fraction of sp³-hybridized carbons (Fsp3) is 0.750. The van der Waals surface area contributed by atoms with Gasteiger partial charge >= 0.3 is 0 Å². The first-order chi connectivity index (χ1) is 6.39. The van der Waals surface area contributed by atoms with Crippen molar-refractivity contribution < 1.29 is 17.7 Å². The van der Waals surface area contributed by atoms with E-state index in [1.165, 1.54) is 11.0 Å². The van der Waals surface area contributed by atoms with E-state index in [0.29, 0.717) is 0 Å². The third-order valence-corrected chi connectivity index (χ3v) is 2.82. The van der Waals surface area contributed by atoms with Gasteiger partial charge in [0.05, 0.1) is 12.4 Å². The first kappa shape index (κ1) is 13.6. The molecule has 0 aromatic rings. The standard InChI is InChI=1S/C8H17NO4S/c1-4-6-13-14(11,12)7-5-8(10)9(2)3/h4,8,10H,1,5-7H2,2-3H3. The van der Waals surface area contributed by atoms with Gasteiger partial charge in [-0.05, 0) is 14.1 Å². The van der Waals surface area contributed by atoms with E-state index in [1.807, 2.05) is 0 Å². The van der Waals surface area contributed by atoms with Crippen molar-refractivity contribution in [1.29, 1.82) is 0 Å². The van der Waals surface area contributed by atoms with Crippen LogP contribution in [-0.2, 0) is 14.3 Å². The van der Waals surface area contributed by atoms with Gasteiger partial charge in [-0.1, -0.05) is 6.08 Å². The molecule has 0 amide bonds. The number of nitrogens with zero attached hydrogens (tertiary/aromatic N) is 1. The van der Waals surface area contributed by atoms with E-state index < -0.39 is 16.3 Å². The molecule has 0 heterocycles. The van der Waals surface area contributed by atoms with Crippen molar-refractivity contribution in [1.82, 2.24) is 4.90 Å². The van der Waals surface area contributed by atoms with Crippen LogP contribution in [0.3, 0.4) is 0 Å². The predicted molar refractivity (Wildman–Crippen MR) is 54.2 cm³/mol. The van der Waals surface area contributed by atoms with E-state index in [2.05, 4.69) is 10.8 Å². The minimum Gasteiger partial charge on any atom is -0.378 e. The molecule has 1 N–H and O–H groups in total. The summed E-state index contributed by atoms with van der Waals surface area (Å²) in [7, 11) is -0.193. The van der Waals surface area contributed by atoms with Crippen LogP contribution in [0.4, 0.5) is 0 Å². The third kappa shape index (κ3) is 6.09. The fourth-order valence-corrected chi connectivity index (χ4v) is 1.64. The van der Waals surface area contributed by atoms with Gasteiger partial charge in [-0.3, -0.25) is 9.08 Å². The molecule has 0 aliphatic rings. The van der Waals surface area contributed by atoms with E-state index in [4.69, 9.17) is 0 Å². The van der Waals surface area contributed by atoms with Crippen LogP contribution in [0.2, 0.25) is 0 Å². The van der Waals surface area contributed by atoms with E-state index >= 15 is 0 Å². The van der Waals surface area contributed by atoms with Gasteiger partial charge < -0.3 is 5.11 Å². The molecule has 1 unspecified atom stereocenters. The molecular formula is C8H17NO4S. The predicted octanol–water partition coefficient (Wildman–Crippen LogP) is -0.211. The van der Waals surface area contributed by atoms with E-state index in [9.17, 15) is 13.5 Å². The Hall–Kier alpha value is -0.430. The molecule has 0 rings (SSSR count). The Labute approximate surface area is 85.1 Å². The summed E-state index contributed by atoms with van der Waals surface area (Å²) in [6.45, 7) is 3.31. The van der Waals surface area contributed by atoms with Crippen molar-refractivity contribution in [2.75, 3.05) is 26.5 Å². The molecule has 0 saturated heterocycles. The molecule has 5 nitrogen and oxygen atoms in total. The second kappa shape index (κ2) is 6.13. The summed E-state index contributed by atoms with van der Waals surface area (Å²) in [5.74, 6) is -0.194. The van der Waals surface area contributed by atoms with Gasteiger partial charge in [0.1, 0.15) is 6.23 Å². The fourth-order valence-electron chi connectivity index (χ4n) is 0.719. The number of aliphatic hydroxyl groups is 1. The molecule has 14 heavy (non-hydrogen) atoms. The highest BCUT2D eigenvalue weighted by Gasteiger charge is 2.14. The van der Waals surface area contributed by atoms with Crippen LogP contribution in [0, 0.1) is 0 Å². The first-order valence-electron chi connectivity index (χ1n) is 4.21. The molecule has 0 aliphatic carbocycles. The maximum atomic E-state index is 11.1. The van der Waals surface area contributed by atoms with Gasteiger partial charge in [0.2, 0.25) is 0 Å². The molecule has 0 saturated carbocycles. The van der Waals surface area contributed by atoms with Gasteiger partial charge in [-0.15, -0.1) is 6.58 Å². The zero-order chi connectivity index (χ0) is 11.2. The lowest BCUT2D eigenvalue weighted by Gasteiger charge is -2.17. The number of rotatable bonds is 7. The topological polar surface area (TPSA) is 66.8 Å². The second-order valence-corrected chi connectivity index (χ2v) is 4.83. The summed E-state index contributed by atoms with van der Waals surface area (Å²) in [6.07, 6.45) is 0.726. The zero-order valence-electron chi connectivity index (χ0n) is 8.51. The Bertz CT molecular complexity index is 261. The average molecular weight is 223 g/mol. The average Bonchev–Trinajstić information content (AvgIpc) is 2.11. The lowest BCUT2D eigenvalue weighted by molar-refractivity contribution is 0.0379. The molecule has 0 aromatic carbocycles. The van der Waals surface area contributed by atoms with Crippen LogP contribution in [0.25, 0.3) is 0 Å². The highest BCUT2D eigenvalue weighted by atomic mass is 32.2.